The Morgan fingerprint density at radius 2 is 2.19 bits per heavy atom. The van der Waals surface area contributed by atoms with E-state index in [0.29, 0.717) is 17.0 Å². The van der Waals surface area contributed by atoms with Crippen molar-refractivity contribution in [1.82, 2.24) is 14.3 Å². The molecule has 1 aliphatic carbocycles. The van der Waals surface area contributed by atoms with Crippen LogP contribution in [0.15, 0.2) is 28.6 Å². The molecular weight excluding hydrogens is 332 g/mol. The predicted molar refractivity (Wildman–Crippen MR) is 95.4 cm³/mol. The average Bonchev–Trinajstić information content (AvgIpc) is 3.01. The number of aryl methyl sites for hydroxylation is 1. The van der Waals surface area contributed by atoms with Gasteiger partial charge in [-0.05, 0) is 30.8 Å². The molecule has 0 aromatic carbocycles. The number of ether oxygens (including phenoxy) is 1. The number of terminal acetylenes is 1. The van der Waals surface area contributed by atoms with Crippen molar-refractivity contribution in [2.45, 2.75) is 41.0 Å². The second-order valence-electron chi connectivity index (χ2n) is 7.01. The van der Waals surface area contributed by atoms with Crippen LogP contribution in [-0.4, -0.2) is 20.3 Å². The number of allylic oxidation sites excluding steroid dienone is 3. The van der Waals surface area contributed by atoms with Gasteiger partial charge in [-0.15, -0.1) is 6.42 Å². The molecule has 0 amide bonds. The quantitative estimate of drug-likeness (QED) is 0.336. The van der Waals surface area contributed by atoms with E-state index in [0.717, 1.165) is 4.68 Å². The van der Waals surface area contributed by atoms with Gasteiger partial charge in [-0.1, -0.05) is 32.4 Å². The summed E-state index contributed by atoms with van der Waals surface area (Å²) in [6.07, 6.45) is 7.00. The van der Waals surface area contributed by atoms with Gasteiger partial charge >= 0.3 is 11.7 Å². The van der Waals surface area contributed by atoms with Gasteiger partial charge in [0.2, 0.25) is 0 Å². The number of esters is 1. The van der Waals surface area contributed by atoms with Crippen molar-refractivity contribution in [2.24, 2.45) is 17.3 Å². The number of carbonyl (C=O) groups is 1. The highest BCUT2D eigenvalue weighted by Gasteiger charge is 2.61. The van der Waals surface area contributed by atoms with Crippen molar-refractivity contribution >= 4 is 5.97 Å². The maximum atomic E-state index is 12.4. The molecule has 2 atom stereocenters. The lowest BCUT2D eigenvalue weighted by Crippen LogP contribution is -2.27. The topological polar surface area (TPSA) is 89.9 Å². The Morgan fingerprint density at radius 3 is 2.73 bits per heavy atom. The number of hydrogen-bond acceptors (Lipinski definition) is 5. The van der Waals surface area contributed by atoms with E-state index in [1.807, 2.05) is 13.8 Å². The van der Waals surface area contributed by atoms with Gasteiger partial charge in [0.25, 0.3) is 0 Å². The highest BCUT2D eigenvalue weighted by atomic mass is 16.5. The van der Waals surface area contributed by atoms with Crippen LogP contribution in [0, 0.1) is 47.8 Å². The maximum Gasteiger partial charge on any atom is 0.349 e. The third-order valence-electron chi connectivity index (χ3n) is 4.78. The van der Waals surface area contributed by atoms with Crippen LogP contribution in [0.3, 0.4) is 0 Å². The van der Waals surface area contributed by atoms with E-state index in [1.165, 1.54) is 4.57 Å². The Bertz CT molecular complexity index is 918. The van der Waals surface area contributed by atoms with Gasteiger partial charge in [-0.3, -0.25) is 9.36 Å². The van der Waals surface area contributed by atoms with Crippen LogP contribution in [0.5, 0.6) is 0 Å². The minimum absolute atomic E-state index is 0.110. The molecule has 1 fully saturated rings. The lowest BCUT2D eigenvalue weighted by molar-refractivity contribution is -0.150. The number of nitriles is 1. The van der Waals surface area contributed by atoms with Crippen LogP contribution in [0.2, 0.25) is 0 Å². The standard InChI is InChI=1S/C19H22N4O3/c1-7-8-22-13(4)21-23(18(22)25)11-26-17(24)16-15(19(16,5)6)9-14(10-20)12(2)3/h1,9,15-16H,2,8,11H2,3-6H3/b14-9+. The predicted octanol–water partition coefficient (Wildman–Crippen LogP) is 1.79. The first-order valence-electron chi connectivity index (χ1n) is 8.17. The zero-order valence-electron chi connectivity index (χ0n) is 15.4. The molecular formula is C19H22N4O3. The van der Waals surface area contributed by atoms with Crippen molar-refractivity contribution in [3.8, 4) is 18.4 Å². The minimum Gasteiger partial charge on any atom is -0.442 e. The van der Waals surface area contributed by atoms with E-state index in [2.05, 4.69) is 23.7 Å². The van der Waals surface area contributed by atoms with E-state index in [4.69, 9.17) is 16.4 Å². The van der Waals surface area contributed by atoms with Crippen molar-refractivity contribution in [3.05, 3.63) is 40.1 Å². The number of carbonyl (C=O) groups excluding carboxylic acids is 1. The van der Waals surface area contributed by atoms with E-state index in [9.17, 15) is 9.59 Å². The van der Waals surface area contributed by atoms with Crippen molar-refractivity contribution in [1.29, 1.82) is 5.26 Å². The normalized spacial score (nSPS) is 20.8. The molecule has 7 heteroatoms. The summed E-state index contributed by atoms with van der Waals surface area (Å²) in [6.45, 7) is 10.9. The second-order valence-corrected chi connectivity index (χ2v) is 7.01. The highest BCUT2D eigenvalue weighted by Crippen LogP contribution is 2.60. The third kappa shape index (κ3) is 3.48. The molecule has 7 nitrogen and oxygen atoms in total. The minimum atomic E-state index is -0.425. The second kappa shape index (κ2) is 7.05. The molecule has 1 saturated carbocycles. The largest absolute Gasteiger partial charge is 0.442 e. The first-order valence-corrected chi connectivity index (χ1v) is 8.17. The lowest BCUT2D eigenvalue weighted by Gasteiger charge is -2.04. The molecule has 0 spiro atoms. The van der Waals surface area contributed by atoms with Crippen LogP contribution >= 0.6 is 0 Å². The van der Waals surface area contributed by atoms with Gasteiger partial charge in [0, 0.05) is 0 Å². The Morgan fingerprint density at radius 1 is 1.54 bits per heavy atom. The summed E-state index contributed by atoms with van der Waals surface area (Å²) >= 11 is 0. The van der Waals surface area contributed by atoms with Gasteiger partial charge in [0.1, 0.15) is 5.82 Å². The van der Waals surface area contributed by atoms with Crippen molar-refractivity contribution < 1.29 is 9.53 Å². The Balaban J connectivity index is 2.09. The molecule has 1 heterocycles. The summed E-state index contributed by atoms with van der Waals surface area (Å²) in [5.74, 6) is 1.92. The lowest BCUT2D eigenvalue weighted by atomic mass is 10.0. The number of aromatic nitrogens is 3. The Kier molecular flexibility index (Phi) is 5.22. The van der Waals surface area contributed by atoms with Gasteiger partial charge in [0.05, 0.1) is 24.1 Å². The maximum absolute atomic E-state index is 12.4. The summed E-state index contributed by atoms with van der Waals surface area (Å²) in [5, 5.41) is 13.2. The highest BCUT2D eigenvalue weighted by molar-refractivity contribution is 5.78. The van der Waals surface area contributed by atoms with Gasteiger partial charge in [-0.2, -0.15) is 15.0 Å². The SMILES string of the molecule is C#CCn1c(C)nn(COC(=O)C2C(/C=C(\C#N)C(=C)C)C2(C)C)c1=O. The molecule has 26 heavy (non-hydrogen) atoms. The van der Waals surface area contributed by atoms with Crippen LogP contribution in [0.4, 0.5) is 0 Å². The summed E-state index contributed by atoms with van der Waals surface area (Å²) < 4.78 is 7.68. The number of nitrogens with zero attached hydrogens (tertiary/aromatic N) is 4. The Labute approximate surface area is 152 Å². The fourth-order valence-electron chi connectivity index (χ4n) is 3.01. The Hall–Kier alpha value is -3.06. The van der Waals surface area contributed by atoms with E-state index < -0.39 is 11.7 Å². The first kappa shape index (κ1) is 19.3. The van der Waals surface area contributed by atoms with E-state index >= 15 is 0 Å². The molecule has 0 radical (unpaired) electrons. The molecule has 0 aliphatic heterocycles. The molecule has 2 unspecified atom stereocenters. The fourth-order valence-corrected chi connectivity index (χ4v) is 3.01. The third-order valence-corrected chi connectivity index (χ3v) is 4.78. The van der Waals surface area contributed by atoms with Gasteiger partial charge < -0.3 is 4.74 Å². The molecule has 1 aliphatic rings. The molecule has 0 bridgehead atoms. The van der Waals surface area contributed by atoms with Crippen molar-refractivity contribution in [2.75, 3.05) is 0 Å². The summed E-state index contributed by atoms with van der Waals surface area (Å²) in [4.78, 5) is 24.6. The summed E-state index contributed by atoms with van der Waals surface area (Å²) in [5.41, 5.74) is 0.383. The molecule has 1 aromatic rings. The van der Waals surface area contributed by atoms with Gasteiger partial charge in [-0.25, -0.2) is 4.79 Å². The first-order chi connectivity index (χ1) is 12.1. The number of rotatable bonds is 6. The zero-order chi connectivity index (χ0) is 19.6. The van der Waals surface area contributed by atoms with Crippen LogP contribution < -0.4 is 5.69 Å². The zero-order valence-corrected chi connectivity index (χ0v) is 15.4. The van der Waals surface area contributed by atoms with Crippen LogP contribution in [0.1, 0.15) is 26.6 Å². The molecule has 136 valence electrons. The van der Waals surface area contributed by atoms with Crippen LogP contribution in [-0.2, 0) is 22.8 Å². The van der Waals surface area contributed by atoms with E-state index in [1.54, 1.807) is 19.9 Å². The van der Waals surface area contributed by atoms with Gasteiger partial charge in [0.15, 0.2) is 6.73 Å². The molecule has 1 aromatic heterocycles. The molecule has 0 saturated heterocycles. The van der Waals surface area contributed by atoms with Crippen LogP contribution in [0.25, 0.3) is 0 Å². The average molecular weight is 354 g/mol. The summed E-state index contributed by atoms with van der Waals surface area (Å²) in [7, 11) is 0. The fraction of sp³-hybridized carbons (Fsp3) is 0.474. The smallest absolute Gasteiger partial charge is 0.349 e. The number of hydrogen-bond donors (Lipinski definition) is 0. The molecule has 2 rings (SSSR count). The summed E-state index contributed by atoms with van der Waals surface area (Å²) in [6, 6.07) is 2.09. The monoisotopic (exact) mass is 354 g/mol. The molecule has 0 N–H and O–H groups in total. The van der Waals surface area contributed by atoms with Crippen molar-refractivity contribution in [3.63, 3.8) is 0 Å². The van der Waals surface area contributed by atoms with E-state index in [-0.39, 0.29) is 30.5 Å².